The fourth-order valence-corrected chi connectivity index (χ4v) is 4.97. The summed E-state index contributed by atoms with van der Waals surface area (Å²) < 4.78 is 5.97. The predicted molar refractivity (Wildman–Crippen MR) is 106 cm³/mol. The van der Waals surface area contributed by atoms with Crippen molar-refractivity contribution in [2.45, 2.75) is 57.6 Å². The molecular weight excluding hydrogens is 326 g/mol. The van der Waals surface area contributed by atoms with Crippen LogP contribution in [-0.2, 0) is 4.74 Å². The van der Waals surface area contributed by atoms with Gasteiger partial charge in [-0.3, -0.25) is 0 Å². The summed E-state index contributed by atoms with van der Waals surface area (Å²) in [5.74, 6) is 1.35. The highest BCUT2D eigenvalue weighted by Gasteiger charge is 2.34. The van der Waals surface area contributed by atoms with E-state index in [0.29, 0.717) is 12.0 Å². The Kier molecular flexibility index (Phi) is 6.32. The third-order valence-electron chi connectivity index (χ3n) is 5.52. The van der Waals surface area contributed by atoms with Gasteiger partial charge in [0.2, 0.25) is 0 Å². The minimum atomic E-state index is 0.0178. The molecule has 1 fully saturated rings. The molecule has 2 heterocycles. The van der Waals surface area contributed by atoms with Crippen molar-refractivity contribution in [3.8, 4) is 0 Å². The van der Waals surface area contributed by atoms with E-state index in [9.17, 15) is 0 Å². The zero-order valence-electron chi connectivity index (χ0n) is 15.8. The molecule has 0 radical (unpaired) electrons. The van der Waals surface area contributed by atoms with Gasteiger partial charge in [0.1, 0.15) is 6.04 Å². The van der Waals surface area contributed by atoms with Crippen LogP contribution in [0.25, 0.3) is 0 Å². The molecule has 0 saturated carbocycles. The van der Waals surface area contributed by atoms with Gasteiger partial charge in [0.15, 0.2) is 0 Å². The number of ether oxygens (including phenoxy) is 1. The van der Waals surface area contributed by atoms with Crippen LogP contribution in [0.15, 0.2) is 47.8 Å². The lowest BCUT2D eigenvalue weighted by molar-refractivity contribution is -0.692. The summed E-state index contributed by atoms with van der Waals surface area (Å²) in [7, 11) is 0. The van der Waals surface area contributed by atoms with Crippen LogP contribution >= 0.6 is 11.3 Å². The van der Waals surface area contributed by atoms with Gasteiger partial charge in [0, 0.05) is 13.0 Å². The highest BCUT2D eigenvalue weighted by atomic mass is 32.1. The zero-order valence-corrected chi connectivity index (χ0v) is 16.6. The van der Waals surface area contributed by atoms with E-state index in [0.717, 1.165) is 18.9 Å². The van der Waals surface area contributed by atoms with E-state index >= 15 is 0 Å². The number of benzene rings is 1. The van der Waals surface area contributed by atoms with Crippen molar-refractivity contribution in [1.82, 2.24) is 0 Å². The average molecular weight is 359 g/mol. The third-order valence-corrected chi connectivity index (χ3v) is 6.60. The van der Waals surface area contributed by atoms with Crippen molar-refractivity contribution < 1.29 is 10.1 Å². The molecule has 2 nitrogen and oxygen atoms in total. The van der Waals surface area contributed by atoms with Crippen LogP contribution in [0.3, 0.4) is 0 Å². The Morgan fingerprint density at radius 1 is 1.20 bits per heavy atom. The molecule has 1 aliphatic heterocycles. The maximum atomic E-state index is 5.97. The number of thiophene rings is 1. The third kappa shape index (κ3) is 5.16. The van der Waals surface area contributed by atoms with Crippen molar-refractivity contribution in [2.24, 2.45) is 5.92 Å². The Balaban J connectivity index is 1.65. The summed E-state index contributed by atoms with van der Waals surface area (Å²) in [5, 5.41) is 4.68. The molecule has 2 aromatic rings. The van der Waals surface area contributed by atoms with Crippen molar-refractivity contribution in [3.63, 3.8) is 0 Å². The van der Waals surface area contributed by atoms with E-state index in [1.54, 1.807) is 0 Å². The van der Waals surface area contributed by atoms with Crippen LogP contribution in [0.1, 0.15) is 62.4 Å². The fourth-order valence-electron chi connectivity index (χ4n) is 4.19. The number of hydrogen-bond donors (Lipinski definition) is 1. The molecule has 0 amide bonds. The van der Waals surface area contributed by atoms with Crippen LogP contribution in [0.4, 0.5) is 0 Å². The minimum Gasteiger partial charge on any atom is -0.376 e. The van der Waals surface area contributed by atoms with Gasteiger partial charge in [0.25, 0.3) is 0 Å². The van der Waals surface area contributed by atoms with E-state index in [2.05, 4.69) is 73.9 Å². The molecule has 0 aliphatic carbocycles. The Bertz CT molecular complexity index is 623. The SMILES string of the molecule is C[C@@H]([NH2+]CC[C@H](c1ccccc1)[C@@H]1CCOC(C)(C)C1)c1cccs1. The second-order valence-corrected chi connectivity index (χ2v) is 8.97. The first-order valence-corrected chi connectivity index (χ1v) is 10.5. The molecule has 0 unspecified atom stereocenters. The Labute approximate surface area is 156 Å². The Morgan fingerprint density at radius 2 is 2.00 bits per heavy atom. The number of hydrogen-bond acceptors (Lipinski definition) is 2. The molecule has 1 aliphatic rings. The highest BCUT2D eigenvalue weighted by molar-refractivity contribution is 7.10. The van der Waals surface area contributed by atoms with E-state index in [4.69, 9.17) is 4.74 Å². The first-order valence-electron chi connectivity index (χ1n) is 9.61. The van der Waals surface area contributed by atoms with Gasteiger partial charge in [-0.25, -0.2) is 0 Å². The van der Waals surface area contributed by atoms with Gasteiger partial charge in [-0.2, -0.15) is 0 Å². The second kappa shape index (κ2) is 8.48. The summed E-state index contributed by atoms with van der Waals surface area (Å²) in [6.45, 7) is 8.88. The monoisotopic (exact) mass is 358 g/mol. The summed E-state index contributed by atoms with van der Waals surface area (Å²) in [6, 6.07) is 16.1. The standard InChI is InChI=1S/C22H31NOS/c1-17(21-10-7-15-25-21)23-13-11-20(18-8-5-4-6-9-18)19-12-14-24-22(2,3)16-19/h4-10,15,17,19-20,23H,11-14,16H2,1-3H3/p+1/t17-,19-,20-/m1/s1. The normalized spacial score (nSPS) is 22.4. The zero-order chi connectivity index (χ0) is 17.7. The average Bonchev–Trinajstić information content (AvgIpc) is 3.13. The first-order chi connectivity index (χ1) is 12.1. The van der Waals surface area contributed by atoms with E-state index in [1.165, 1.54) is 29.8 Å². The largest absolute Gasteiger partial charge is 0.376 e. The topological polar surface area (TPSA) is 25.8 Å². The molecular formula is C22H32NOS+. The fraction of sp³-hybridized carbons (Fsp3) is 0.545. The van der Waals surface area contributed by atoms with Gasteiger partial charge < -0.3 is 10.1 Å². The molecule has 3 rings (SSSR count). The molecule has 0 bridgehead atoms. The van der Waals surface area contributed by atoms with Crippen LogP contribution in [0.5, 0.6) is 0 Å². The molecule has 1 aromatic carbocycles. The minimum absolute atomic E-state index is 0.0178. The van der Waals surface area contributed by atoms with Crippen LogP contribution < -0.4 is 5.32 Å². The molecule has 3 atom stereocenters. The molecule has 2 N–H and O–H groups in total. The maximum Gasteiger partial charge on any atom is 0.118 e. The summed E-state index contributed by atoms with van der Waals surface area (Å²) >= 11 is 1.87. The maximum absolute atomic E-state index is 5.97. The Hall–Kier alpha value is -1.16. The van der Waals surface area contributed by atoms with Gasteiger partial charge in [-0.1, -0.05) is 36.4 Å². The van der Waals surface area contributed by atoms with Crippen LogP contribution in [0.2, 0.25) is 0 Å². The van der Waals surface area contributed by atoms with Crippen molar-refractivity contribution in [1.29, 1.82) is 0 Å². The second-order valence-electron chi connectivity index (χ2n) is 8.00. The van der Waals surface area contributed by atoms with Crippen LogP contribution in [-0.4, -0.2) is 18.8 Å². The van der Waals surface area contributed by atoms with E-state index in [1.807, 2.05) is 11.3 Å². The van der Waals surface area contributed by atoms with Gasteiger partial charge in [-0.15, -0.1) is 11.3 Å². The Morgan fingerprint density at radius 3 is 2.68 bits per heavy atom. The quantitative estimate of drug-likeness (QED) is 0.759. The van der Waals surface area contributed by atoms with Gasteiger partial charge in [0.05, 0.1) is 17.0 Å². The van der Waals surface area contributed by atoms with Crippen molar-refractivity contribution >= 4 is 11.3 Å². The van der Waals surface area contributed by atoms with Crippen molar-refractivity contribution in [3.05, 3.63) is 58.3 Å². The molecule has 25 heavy (non-hydrogen) atoms. The molecule has 1 aromatic heterocycles. The first kappa shape index (κ1) is 18.6. The lowest BCUT2D eigenvalue weighted by Crippen LogP contribution is -2.84. The molecule has 1 saturated heterocycles. The lowest BCUT2D eigenvalue weighted by atomic mass is 9.75. The number of nitrogens with two attached hydrogens (primary N) is 1. The van der Waals surface area contributed by atoms with Gasteiger partial charge >= 0.3 is 0 Å². The lowest BCUT2D eigenvalue weighted by Gasteiger charge is -2.39. The summed E-state index contributed by atoms with van der Waals surface area (Å²) in [6.07, 6.45) is 3.58. The van der Waals surface area contributed by atoms with Crippen molar-refractivity contribution in [2.75, 3.05) is 13.2 Å². The molecule has 3 heteroatoms. The number of quaternary nitrogens is 1. The smallest absolute Gasteiger partial charge is 0.118 e. The molecule has 0 spiro atoms. The predicted octanol–water partition coefficient (Wildman–Crippen LogP) is 4.75. The van der Waals surface area contributed by atoms with Gasteiger partial charge in [-0.05, 0) is 62.5 Å². The van der Waals surface area contributed by atoms with E-state index in [-0.39, 0.29) is 5.60 Å². The van der Waals surface area contributed by atoms with Crippen LogP contribution in [0, 0.1) is 5.92 Å². The summed E-state index contributed by atoms with van der Waals surface area (Å²) in [5.41, 5.74) is 1.52. The van der Waals surface area contributed by atoms with E-state index < -0.39 is 0 Å². The summed E-state index contributed by atoms with van der Waals surface area (Å²) in [4.78, 5) is 1.48. The highest BCUT2D eigenvalue weighted by Crippen LogP contribution is 2.39. The molecule has 136 valence electrons. The number of rotatable bonds is 7.